The topological polar surface area (TPSA) is 55.6 Å². The lowest BCUT2D eigenvalue weighted by molar-refractivity contribution is 0.0226. The molecule has 1 unspecified atom stereocenters. The predicted molar refractivity (Wildman–Crippen MR) is 55.4 cm³/mol. The molecule has 4 nitrogen and oxygen atoms in total. The van der Waals surface area contributed by atoms with Crippen LogP contribution in [-0.2, 0) is 4.74 Å². The maximum atomic E-state index is 11.3. The fourth-order valence-corrected chi connectivity index (χ4v) is 0.678. The molecule has 0 rings (SSSR count). The largest absolute Gasteiger partial charge is 0.443 e. The Morgan fingerprint density at radius 3 is 2.38 bits per heavy atom. The number of amides is 1. The zero-order chi connectivity index (χ0) is 10.6. The van der Waals surface area contributed by atoms with E-state index in [-0.39, 0.29) is 6.04 Å². The van der Waals surface area contributed by atoms with Crippen molar-refractivity contribution in [2.75, 3.05) is 0 Å². The van der Waals surface area contributed by atoms with Crippen molar-refractivity contribution in [3.8, 4) is 0 Å². The number of nitrogens with zero attached hydrogens (tertiary/aromatic N) is 1. The second kappa shape index (κ2) is 4.53. The molecular weight excluding hydrogens is 188 g/mol. The molecular formula is C8H16N2O2S. The molecule has 76 valence electrons. The van der Waals surface area contributed by atoms with Crippen LogP contribution in [0, 0.1) is 0 Å². The molecule has 0 heterocycles. The monoisotopic (exact) mass is 204 g/mol. The van der Waals surface area contributed by atoms with E-state index in [0.717, 1.165) is 5.01 Å². The van der Waals surface area contributed by atoms with E-state index in [1.807, 2.05) is 0 Å². The molecule has 0 radical (unpaired) electrons. The maximum absolute atomic E-state index is 11.3. The highest BCUT2D eigenvalue weighted by molar-refractivity contribution is 7.79. The van der Waals surface area contributed by atoms with E-state index >= 15 is 0 Å². The number of ether oxygens (including phenoxy) is 1. The summed E-state index contributed by atoms with van der Waals surface area (Å²) in [4.78, 5) is 11.3. The highest BCUT2D eigenvalue weighted by Gasteiger charge is 2.22. The SMILES string of the molecule is CC(C=S)N(N)C(=O)OC(C)(C)C. The Morgan fingerprint density at radius 1 is 1.62 bits per heavy atom. The Hall–Kier alpha value is -0.680. The van der Waals surface area contributed by atoms with Gasteiger partial charge < -0.3 is 4.74 Å². The summed E-state index contributed by atoms with van der Waals surface area (Å²) in [6.07, 6.45) is -0.568. The number of thiocarbonyl (C=S) groups is 1. The number of carbonyl (C=O) groups is 1. The van der Waals surface area contributed by atoms with Gasteiger partial charge in [0.2, 0.25) is 0 Å². The quantitative estimate of drug-likeness (QED) is 0.320. The van der Waals surface area contributed by atoms with Crippen LogP contribution in [0.3, 0.4) is 0 Å². The number of carbonyl (C=O) groups excluding carboxylic acids is 1. The summed E-state index contributed by atoms with van der Waals surface area (Å²) in [7, 11) is 0. The fourth-order valence-electron chi connectivity index (χ4n) is 0.546. The van der Waals surface area contributed by atoms with Gasteiger partial charge in [-0.1, -0.05) is 12.2 Å². The first kappa shape index (κ1) is 12.3. The highest BCUT2D eigenvalue weighted by atomic mass is 32.1. The number of hydrazine groups is 1. The maximum Gasteiger partial charge on any atom is 0.425 e. The van der Waals surface area contributed by atoms with Crippen molar-refractivity contribution in [3.05, 3.63) is 0 Å². The van der Waals surface area contributed by atoms with E-state index in [0.29, 0.717) is 0 Å². The molecule has 0 aliphatic heterocycles. The van der Waals surface area contributed by atoms with Crippen molar-refractivity contribution >= 4 is 23.7 Å². The van der Waals surface area contributed by atoms with Crippen LogP contribution in [0.5, 0.6) is 0 Å². The standard InChI is InChI=1S/C8H16N2O2S/c1-6(5-13)10(9)7(11)12-8(2,3)4/h5-6H,9H2,1-4H3. The molecule has 1 atom stereocenters. The fraction of sp³-hybridized carbons (Fsp3) is 0.750. The van der Waals surface area contributed by atoms with Gasteiger partial charge in [0, 0.05) is 5.37 Å². The summed E-state index contributed by atoms with van der Waals surface area (Å²) >= 11 is 4.66. The first-order chi connectivity index (χ1) is 5.78. The van der Waals surface area contributed by atoms with Gasteiger partial charge in [-0.3, -0.25) is 0 Å². The normalized spacial score (nSPS) is 13.3. The number of nitrogens with two attached hydrogens (primary N) is 1. The molecule has 0 bridgehead atoms. The van der Waals surface area contributed by atoms with Crippen molar-refractivity contribution in [1.29, 1.82) is 0 Å². The smallest absolute Gasteiger partial charge is 0.425 e. The van der Waals surface area contributed by atoms with E-state index in [1.165, 1.54) is 5.37 Å². The Morgan fingerprint density at radius 2 is 2.08 bits per heavy atom. The van der Waals surface area contributed by atoms with Crippen LogP contribution in [0.1, 0.15) is 27.7 Å². The van der Waals surface area contributed by atoms with Gasteiger partial charge in [0.1, 0.15) is 5.60 Å². The van der Waals surface area contributed by atoms with Crippen molar-refractivity contribution < 1.29 is 9.53 Å². The van der Waals surface area contributed by atoms with Crippen molar-refractivity contribution in [2.24, 2.45) is 5.84 Å². The van der Waals surface area contributed by atoms with Crippen molar-refractivity contribution in [3.63, 3.8) is 0 Å². The lowest BCUT2D eigenvalue weighted by Crippen LogP contribution is -2.47. The van der Waals surface area contributed by atoms with Gasteiger partial charge >= 0.3 is 6.09 Å². The van der Waals surface area contributed by atoms with Gasteiger partial charge in [0.25, 0.3) is 0 Å². The van der Waals surface area contributed by atoms with E-state index in [2.05, 4.69) is 12.2 Å². The van der Waals surface area contributed by atoms with Crippen LogP contribution in [-0.4, -0.2) is 28.1 Å². The Balaban J connectivity index is 4.19. The second-order valence-corrected chi connectivity index (χ2v) is 4.04. The molecule has 5 heteroatoms. The average molecular weight is 204 g/mol. The van der Waals surface area contributed by atoms with Crippen LogP contribution in [0.2, 0.25) is 0 Å². The minimum absolute atomic E-state index is 0.301. The van der Waals surface area contributed by atoms with Crippen LogP contribution in [0.15, 0.2) is 0 Å². The Kier molecular flexibility index (Phi) is 4.29. The molecule has 0 saturated heterocycles. The van der Waals surface area contributed by atoms with Gasteiger partial charge in [-0.25, -0.2) is 15.6 Å². The van der Waals surface area contributed by atoms with E-state index in [1.54, 1.807) is 27.7 Å². The summed E-state index contributed by atoms with van der Waals surface area (Å²) < 4.78 is 5.02. The van der Waals surface area contributed by atoms with Crippen LogP contribution in [0.4, 0.5) is 4.79 Å². The minimum atomic E-state index is -0.568. The number of rotatable bonds is 2. The Labute approximate surface area is 84.0 Å². The molecule has 0 aliphatic rings. The molecule has 0 spiro atoms. The second-order valence-electron chi connectivity index (χ2n) is 3.76. The Bertz CT molecular complexity index is 201. The third kappa shape index (κ3) is 4.80. The van der Waals surface area contributed by atoms with Crippen LogP contribution in [0.25, 0.3) is 0 Å². The first-order valence-corrected chi connectivity index (χ1v) is 4.47. The van der Waals surface area contributed by atoms with Gasteiger partial charge in [-0.15, -0.1) is 0 Å². The summed E-state index contributed by atoms with van der Waals surface area (Å²) in [5, 5.41) is 2.38. The molecule has 0 aliphatic carbocycles. The molecule has 1 amide bonds. The summed E-state index contributed by atoms with van der Waals surface area (Å²) in [5.41, 5.74) is -0.532. The number of hydrogen-bond acceptors (Lipinski definition) is 4. The predicted octanol–water partition coefficient (Wildman–Crippen LogP) is 1.49. The lowest BCUT2D eigenvalue weighted by atomic mass is 10.2. The van der Waals surface area contributed by atoms with Gasteiger partial charge in [0.15, 0.2) is 0 Å². The molecule has 2 N–H and O–H groups in total. The zero-order valence-electron chi connectivity index (χ0n) is 8.40. The van der Waals surface area contributed by atoms with Gasteiger partial charge in [-0.05, 0) is 27.7 Å². The first-order valence-electron chi connectivity index (χ1n) is 4.00. The van der Waals surface area contributed by atoms with Crippen LogP contribution < -0.4 is 5.84 Å². The van der Waals surface area contributed by atoms with Gasteiger partial charge in [-0.2, -0.15) is 0 Å². The molecule has 0 aromatic heterocycles. The molecule has 0 saturated carbocycles. The van der Waals surface area contributed by atoms with E-state index in [4.69, 9.17) is 10.6 Å². The highest BCUT2D eigenvalue weighted by Crippen LogP contribution is 2.09. The van der Waals surface area contributed by atoms with E-state index in [9.17, 15) is 4.79 Å². The third-order valence-corrected chi connectivity index (χ3v) is 1.63. The van der Waals surface area contributed by atoms with Crippen molar-refractivity contribution in [1.82, 2.24) is 5.01 Å². The molecule has 0 aromatic carbocycles. The zero-order valence-corrected chi connectivity index (χ0v) is 9.22. The molecule has 13 heavy (non-hydrogen) atoms. The summed E-state index contributed by atoms with van der Waals surface area (Å²) in [6, 6.07) is -0.301. The van der Waals surface area contributed by atoms with Crippen LogP contribution >= 0.6 is 12.2 Å². The average Bonchev–Trinajstić information content (AvgIpc) is 1.98. The van der Waals surface area contributed by atoms with Crippen molar-refractivity contribution in [2.45, 2.75) is 39.3 Å². The summed E-state index contributed by atoms with van der Waals surface area (Å²) in [6.45, 7) is 7.05. The lowest BCUT2D eigenvalue weighted by Gasteiger charge is -2.26. The van der Waals surface area contributed by atoms with E-state index < -0.39 is 11.7 Å². The summed E-state index contributed by atoms with van der Waals surface area (Å²) in [5.74, 6) is 5.44. The third-order valence-electron chi connectivity index (χ3n) is 1.24. The van der Waals surface area contributed by atoms with Gasteiger partial charge in [0.05, 0.1) is 6.04 Å². The molecule has 0 aromatic rings. The minimum Gasteiger partial charge on any atom is -0.443 e. The number of hydrogen-bond donors (Lipinski definition) is 1. The molecule has 0 fully saturated rings.